The highest BCUT2D eigenvalue weighted by Crippen LogP contribution is 2.36. The van der Waals surface area contributed by atoms with Gasteiger partial charge in [0.25, 0.3) is 5.91 Å². The molecule has 1 aromatic carbocycles. The van der Waals surface area contributed by atoms with Crippen molar-refractivity contribution < 1.29 is 28.4 Å². The van der Waals surface area contributed by atoms with Crippen molar-refractivity contribution in [2.24, 2.45) is 17.8 Å². The van der Waals surface area contributed by atoms with Gasteiger partial charge in [-0.15, -0.1) is 0 Å². The quantitative estimate of drug-likeness (QED) is 0.440. The molecule has 0 radical (unpaired) electrons. The zero-order chi connectivity index (χ0) is 20.1. The van der Waals surface area contributed by atoms with E-state index < -0.39 is 40.6 Å². The number of anilines is 1. The van der Waals surface area contributed by atoms with Crippen LogP contribution < -0.4 is 5.32 Å². The van der Waals surface area contributed by atoms with Crippen molar-refractivity contribution >= 4 is 23.3 Å². The normalized spacial score (nSPS) is 22.9. The summed E-state index contributed by atoms with van der Waals surface area (Å²) in [6.07, 6.45) is -1.24. The SMILES string of the molecule is C[C@H](OC(=O)C[C@@H]1C(=O)C[C@H](C)[C@H]1C[N+](=O)[O-])C(=O)Nc1ccc(F)cc1. The highest BCUT2D eigenvalue weighted by Gasteiger charge is 2.44. The van der Waals surface area contributed by atoms with E-state index in [9.17, 15) is 28.9 Å². The summed E-state index contributed by atoms with van der Waals surface area (Å²) >= 11 is 0. The summed E-state index contributed by atoms with van der Waals surface area (Å²) in [4.78, 5) is 46.6. The minimum atomic E-state index is -1.13. The number of nitro groups is 1. The smallest absolute Gasteiger partial charge is 0.307 e. The molecule has 146 valence electrons. The summed E-state index contributed by atoms with van der Waals surface area (Å²) in [5.74, 6) is -3.50. The van der Waals surface area contributed by atoms with Crippen molar-refractivity contribution in [1.29, 1.82) is 0 Å². The molecule has 9 heteroatoms. The zero-order valence-electron chi connectivity index (χ0n) is 15.0. The Hall–Kier alpha value is -2.84. The van der Waals surface area contributed by atoms with Crippen molar-refractivity contribution in [3.05, 3.63) is 40.2 Å². The third-order valence-electron chi connectivity index (χ3n) is 4.72. The predicted octanol–water partition coefficient (Wildman–Crippen LogP) is 2.20. The van der Waals surface area contributed by atoms with Gasteiger partial charge in [-0.25, -0.2) is 4.39 Å². The first-order chi connectivity index (χ1) is 12.7. The minimum Gasteiger partial charge on any atom is -0.453 e. The molecule has 0 bridgehead atoms. The summed E-state index contributed by atoms with van der Waals surface area (Å²) in [5, 5.41) is 13.3. The predicted molar refractivity (Wildman–Crippen MR) is 92.8 cm³/mol. The van der Waals surface area contributed by atoms with Crippen molar-refractivity contribution in [1.82, 2.24) is 0 Å². The van der Waals surface area contributed by atoms with Crippen LogP contribution in [-0.4, -0.2) is 35.2 Å². The van der Waals surface area contributed by atoms with Gasteiger partial charge in [0.2, 0.25) is 6.54 Å². The second-order valence-corrected chi connectivity index (χ2v) is 6.77. The molecule has 1 saturated carbocycles. The second-order valence-electron chi connectivity index (χ2n) is 6.77. The fourth-order valence-electron chi connectivity index (χ4n) is 3.26. The maximum Gasteiger partial charge on any atom is 0.307 e. The van der Waals surface area contributed by atoms with Crippen LogP contribution in [0.1, 0.15) is 26.7 Å². The molecule has 2 rings (SSSR count). The lowest BCUT2D eigenvalue weighted by Crippen LogP contribution is -2.32. The van der Waals surface area contributed by atoms with Gasteiger partial charge in [0.15, 0.2) is 6.10 Å². The van der Waals surface area contributed by atoms with Crippen LogP contribution in [0.4, 0.5) is 10.1 Å². The van der Waals surface area contributed by atoms with E-state index in [0.29, 0.717) is 5.69 Å². The molecule has 1 aliphatic carbocycles. The van der Waals surface area contributed by atoms with Gasteiger partial charge in [-0.1, -0.05) is 6.92 Å². The summed E-state index contributed by atoms with van der Waals surface area (Å²) in [6, 6.07) is 5.08. The topological polar surface area (TPSA) is 116 Å². The molecule has 0 aliphatic heterocycles. The number of hydrogen-bond acceptors (Lipinski definition) is 6. The van der Waals surface area contributed by atoms with Crippen LogP contribution in [0.2, 0.25) is 0 Å². The van der Waals surface area contributed by atoms with Crippen LogP contribution in [-0.2, 0) is 19.1 Å². The minimum absolute atomic E-state index is 0.181. The van der Waals surface area contributed by atoms with E-state index in [1.807, 2.05) is 0 Å². The second kappa shape index (κ2) is 8.70. The number of Topliss-reactive ketones (excluding diaryl/α,β-unsaturated/α-hetero) is 1. The lowest BCUT2D eigenvalue weighted by atomic mass is 9.88. The van der Waals surface area contributed by atoms with Crippen LogP contribution in [0.25, 0.3) is 0 Å². The van der Waals surface area contributed by atoms with E-state index in [-0.39, 0.29) is 31.1 Å². The molecule has 4 atom stereocenters. The molecule has 1 aliphatic rings. The Morgan fingerprint density at radius 3 is 2.59 bits per heavy atom. The van der Waals surface area contributed by atoms with Gasteiger partial charge < -0.3 is 10.1 Å². The lowest BCUT2D eigenvalue weighted by molar-refractivity contribution is -0.490. The molecule has 1 N–H and O–H groups in total. The molecule has 1 aromatic rings. The van der Waals surface area contributed by atoms with Gasteiger partial charge in [-0.2, -0.15) is 0 Å². The number of ether oxygens (including phenoxy) is 1. The van der Waals surface area contributed by atoms with Crippen LogP contribution >= 0.6 is 0 Å². The van der Waals surface area contributed by atoms with E-state index in [4.69, 9.17) is 4.74 Å². The average Bonchev–Trinajstić information content (AvgIpc) is 2.83. The third kappa shape index (κ3) is 5.57. The number of nitrogens with one attached hydrogen (secondary N) is 1. The number of ketones is 1. The number of carbonyl (C=O) groups is 3. The molecule has 1 fully saturated rings. The number of carbonyl (C=O) groups excluding carboxylic acids is 3. The number of esters is 1. The largest absolute Gasteiger partial charge is 0.453 e. The van der Waals surface area contributed by atoms with Crippen molar-refractivity contribution in [3.63, 3.8) is 0 Å². The van der Waals surface area contributed by atoms with Crippen molar-refractivity contribution in [2.75, 3.05) is 11.9 Å². The first-order valence-corrected chi connectivity index (χ1v) is 8.57. The average molecular weight is 380 g/mol. The maximum absolute atomic E-state index is 12.9. The highest BCUT2D eigenvalue weighted by molar-refractivity contribution is 5.95. The Balaban J connectivity index is 1.91. The van der Waals surface area contributed by atoms with Crippen molar-refractivity contribution in [3.8, 4) is 0 Å². The molecular formula is C18H21FN2O6. The molecule has 1 amide bonds. The summed E-state index contributed by atoms with van der Waals surface area (Å²) in [7, 11) is 0. The van der Waals surface area contributed by atoms with Gasteiger partial charge in [0.1, 0.15) is 11.6 Å². The first-order valence-electron chi connectivity index (χ1n) is 8.57. The van der Waals surface area contributed by atoms with E-state index in [1.54, 1.807) is 6.92 Å². The van der Waals surface area contributed by atoms with Gasteiger partial charge in [-0.3, -0.25) is 24.5 Å². The van der Waals surface area contributed by atoms with Gasteiger partial charge in [0, 0.05) is 28.9 Å². The molecule has 0 heterocycles. The fourth-order valence-corrected chi connectivity index (χ4v) is 3.26. The molecule has 8 nitrogen and oxygen atoms in total. The standard InChI is InChI=1S/C18H21FN2O6/c1-10-7-16(22)14(15(10)9-21(25)26)8-17(23)27-11(2)18(24)20-13-5-3-12(19)4-6-13/h3-6,10-11,14-15H,7-9H2,1-2H3,(H,20,24)/t10-,11-,14-,15+/m0/s1. The molecular weight excluding hydrogens is 359 g/mol. The summed E-state index contributed by atoms with van der Waals surface area (Å²) in [6.45, 7) is 2.73. The van der Waals surface area contributed by atoms with Crippen LogP contribution in [0.3, 0.4) is 0 Å². The maximum atomic E-state index is 12.9. The summed E-state index contributed by atoms with van der Waals surface area (Å²) < 4.78 is 17.9. The number of hydrogen-bond donors (Lipinski definition) is 1. The van der Waals surface area contributed by atoms with Gasteiger partial charge >= 0.3 is 5.97 Å². The molecule has 27 heavy (non-hydrogen) atoms. The van der Waals surface area contributed by atoms with Gasteiger partial charge in [0.05, 0.1) is 6.42 Å². The Bertz CT molecular complexity index is 736. The third-order valence-corrected chi connectivity index (χ3v) is 4.72. The monoisotopic (exact) mass is 380 g/mol. The number of halogens is 1. The number of rotatable bonds is 7. The van der Waals surface area contributed by atoms with Crippen molar-refractivity contribution in [2.45, 2.75) is 32.8 Å². The Labute approximate surface area is 155 Å². The van der Waals surface area contributed by atoms with Gasteiger partial charge in [-0.05, 0) is 37.1 Å². The molecule has 0 unspecified atom stereocenters. The number of nitrogens with zero attached hydrogens (tertiary/aromatic N) is 1. The van der Waals surface area contributed by atoms with E-state index >= 15 is 0 Å². The highest BCUT2D eigenvalue weighted by atomic mass is 19.1. The lowest BCUT2D eigenvalue weighted by Gasteiger charge is -2.18. The zero-order valence-corrected chi connectivity index (χ0v) is 15.0. The fraction of sp³-hybridized carbons (Fsp3) is 0.500. The number of benzene rings is 1. The molecule has 0 spiro atoms. The van der Waals surface area contributed by atoms with E-state index in [2.05, 4.69) is 5.32 Å². The van der Waals surface area contributed by atoms with Crippen LogP contribution in [0.15, 0.2) is 24.3 Å². The number of amides is 1. The Morgan fingerprint density at radius 1 is 1.37 bits per heavy atom. The first kappa shape index (κ1) is 20.5. The van der Waals surface area contributed by atoms with Crippen LogP contribution in [0.5, 0.6) is 0 Å². The van der Waals surface area contributed by atoms with Crippen LogP contribution in [0, 0.1) is 33.7 Å². The van der Waals surface area contributed by atoms with E-state index in [1.165, 1.54) is 31.2 Å². The molecule has 0 saturated heterocycles. The van der Waals surface area contributed by atoms with E-state index in [0.717, 1.165) is 0 Å². The Morgan fingerprint density at radius 2 is 2.00 bits per heavy atom. The summed E-state index contributed by atoms with van der Waals surface area (Å²) in [5.41, 5.74) is 0.343. The Kier molecular flexibility index (Phi) is 6.59. The molecule has 0 aromatic heterocycles.